The Bertz CT molecular complexity index is 552. The number of ether oxygens (including phenoxy) is 1. The zero-order chi connectivity index (χ0) is 13.1. The maximum atomic E-state index is 10.4. The number of rotatable bonds is 3. The van der Waals surface area contributed by atoms with Crippen molar-refractivity contribution in [2.75, 3.05) is 7.11 Å². The summed E-state index contributed by atoms with van der Waals surface area (Å²) in [6.45, 7) is 1.98. The highest BCUT2D eigenvalue weighted by Crippen LogP contribution is 2.28. The van der Waals surface area contributed by atoms with E-state index >= 15 is 0 Å². The average molecular weight is 354 g/mol. The summed E-state index contributed by atoms with van der Waals surface area (Å²) in [6, 6.07) is 13.6. The Balaban J connectivity index is 2.37. The van der Waals surface area contributed by atoms with Crippen LogP contribution >= 0.6 is 22.6 Å². The van der Waals surface area contributed by atoms with Gasteiger partial charge in [-0.1, -0.05) is 18.2 Å². The van der Waals surface area contributed by atoms with Crippen LogP contribution in [0.2, 0.25) is 0 Å². The van der Waals surface area contributed by atoms with Crippen molar-refractivity contribution in [1.82, 2.24) is 0 Å². The molecule has 0 heterocycles. The average Bonchev–Trinajstić information content (AvgIpc) is 2.37. The zero-order valence-electron chi connectivity index (χ0n) is 10.4. The van der Waals surface area contributed by atoms with Crippen LogP contribution in [-0.2, 0) is 0 Å². The van der Waals surface area contributed by atoms with Gasteiger partial charge in [0.2, 0.25) is 0 Å². The predicted octanol–water partition coefficient (Wildman–Crippen LogP) is 3.69. The lowest BCUT2D eigenvalue weighted by atomic mass is 9.97. The molecule has 0 saturated heterocycles. The molecule has 2 nitrogen and oxygen atoms in total. The molecule has 94 valence electrons. The molecule has 0 aliphatic rings. The van der Waals surface area contributed by atoms with Crippen molar-refractivity contribution in [2.24, 2.45) is 0 Å². The number of halogens is 1. The summed E-state index contributed by atoms with van der Waals surface area (Å²) in [5.41, 5.74) is 2.86. The maximum Gasteiger partial charge on any atom is 0.119 e. The number of hydrogen-bond donors (Lipinski definition) is 1. The summed E-state index contributed by atoms with van der Waals surface area (Å²) >= 11 is 2.25. The lowest BCUT2D eigenvalue weighted by molar-refractivity contribution is 0.219. The first-order valence-electron chi connectivity index (χ1n) is 5.70. The lowest BCUT2D eigenvalue weighted by Crippen LogP contribution is -2.02. The number of aliphatic hydroxyl groups is 1. The molecule has 1 atom stereocenters. The number of aryl methyl sites for hydroxylation is 1. The molecule has 0 radical (unpaired) electrons. The van der Waals surface area contributed by atoms with E-state index in [9.17, 15) is 5.11 Å². The van der Waals surface area contributed by atoms with E-state index < -0.39 is 6.10 Å². The van der Waals surface area contributed by atoms with E-state index in [1.807, 2.05) is 49.4 Å². The Morgan fingerprint density at radius 1 is 1.17 bits per heavy atom. The van der Waals surface area contributed by atoms with Crippen molar-refractivity contribution in [3.05, 3.63) is 62.7 Å². The first kappa shape index (κ1) is 13.4. The summed E-state index contributed by atoms with van der Waals surface area (Å²) in [6.07, 6.45) is -0.592. The van der Waals surface area contributed by atoms with E-state index in [2.05, 4.69) is 22.6 Å². The van der Waals surface area contributed by atoms with Crippen molar-refractivity contribution in [3.63, 3.8) is 0 Å². The van der Waals surface area contributed by atoms with Gasteiger partial charge in [0, 0.05) is 3.57 Å². The molecular weight excluding hydrogens is 339 g/mol. The molecule has 0 amide bonds. The zero-order valence-corrected chi connectivity index (χ0v) is 12.5. The third kappa shape index (κ3) is 2.84. The van der Waals surface area contributed by atoms with Gasteiger partial charge in [-0.2, -0.15) is 0 Å². The molecule has 0 aromatic heterocycles. The van der Waals surface area contributed by atoms with E-state index in [1.54, 1.807) is 7.11 Å². The Morgan fingerprint density at radius 2 is 1.94 bits per heavy atom. The maximum absolute atomic E-state index is 10.4. The second-order valence-electron chi connectivity index (χ2n) is 4.18. The van der Waals surface area contributed by atoms with Crippen LogP contribution in [0.25, 0.3) is 0 Å². The first-order chi connectivity index (χ1) is 8.61. The molecule has 1 unspecified atom stereocenters. The minimum atomic E-state index is -0.592. The van der Waals surface area contributed by atoms with E-state index in [-0.39, 0.29) is 0 Å². The molecule has 0 aliphatic heterocycles. The predicted molar refractivity (Wildman–Crippen MR) is 81.0 cm³/mol. The fourth-order valence-corrected chi connectivity index (χ4v) is 2.51. The summed E-state index contributed by atoms with van der Waals surface area (Å²) in [5.74, 6) is 0.811. The van der Waals surface area contributed by atoms with Gasteiger partial charge < -0.3 is 9.84 Å². The van der Waals surface area contributed by atoms with Gasteiger partial charge in [0.1, 0.15) is 11.9 Å². The van der Waals surface area contributed by atoms with Gasteiger partial charge >= 0.3 is 0 Å². The van der Waals surface area contributed by atoms with Crippen LogP contribution in [0, 0.1) is 10.5 Å². The molecule has 2 aromatic carbocycles. The second-order valence-corrected chi connectivity index (χ2v) is 5.43. The van der Waals surface area contributed by atoms with Crippen molar-refractivity contribution >= 4 is 22.6 Å². The van der Waals surface area contributed by atoms with Crippen LogP contribution in [0.5, 0.6) is 5.75 Å². The third-order valence-electron chi connectivity index (χ3n) is 2.94. The van der Waals surface area contributed by atoms with E-state index in [0.29, 0.717) is 0 Å². The van der Waals surface area contributed by atoms with Crippen molar-refractivity contribution in [1.29, 1.82) is 0 Å². The Kier molecular flexibility index (Phi) is 4.24. The van der Waals surface area contributed by atoms with Gasteiger partial charge in [-0.15, -0.1) is 0 Å². The summed E-state index contributed by atoms with van der Waals surface area (Å²) in [4.78, 5) is 0. The number of methoxy groups -OCH3 is 1. The molecule has 0 aliphatic carbocycles. The minimum absolute atomic E-state index is 0.592. The van der Waals surface area contributed by atoms with Gasteiger partial charge in [-0.3, -0.25) is 0 Å². The van der Waals surface area contributed by atoms with Crippen molar-refractivity contribution in [3.8, 4) is 5.75 Å². The van der Waals surface area contributed by atoms with Crippen LogP contribution in [-0.4, -0.2) is 12.2 Å². The van der Waals surface area contributed by atoms with Crippen molar-refractivity contribution < 1.29 is 9.84 Å². The number of aliphatic hydroxyl groups excluding tert-OH is 1. The quantitative estimate of drug-likeness (QED) is 0.852. The normalized spacial score (nSPS) is 12.2. The Labute approximate surface area is 121 Å². The van der Waals surface area contributed by atoms with Crippen LogP contribution in [0.3, 0.4) is 0 Å². The van der Waals surface area contributed by atoms with Crippen molar-refractivity contribution in [2.45, 2.75) is 13.0 Å². The molecule has 0 spiro atoms. The highest BCUT2D eigenvalue weighted by Gasteiger charge is 2.13. The molecule has 0 saturated carbocycles. The second kappa shape index (κ2) is 5.71. The summed E-state index contributed by atoms with van der Waals surface area (Å²) < 4.78 is 6.29. The largest absolute Gasteiger partial charge is 0.497 e. The van der Waals surface area contributed by atoms with Crippen LogP contribution in [0.1, 0.15) is 22.8 Å². The molecular formula is C15H15IO2. The van der Waals surface area contributed by atoms with E-state index in [4.69, 9.17) is 4.74 Å². The summed E-state index contributed by atoms with van der Waals surface area (Å²) in [5, 5.41) is 10.4. The van der Waals surface area contributed by atoms with Crippen LogP contribution < -0.4 is 4.74 Å². The first-order valence-corrected chi connectivity index (χ1v) is 6.78. The monoisotopic (exact) mass is 354 g/mol. The van der Waals surface area contributed by atoms with Crippen LogP contribution in [0.15, 0.2) is 42.5 Å². The summed E-state index contributed by atoms with van der Waals surface area (Å²) in [7, 11) is 1.64. The third-order valence-corrected chi connectivity index (χ3v) is 3.61. The fourth-order valence-electron chi connectivity index (χ4n) is 1.94. The van der Waals surface area contributed by atoms with E-state index in [0.717, 1.165) is 26.0 Å². The highest BCUT2D eigenvalue weighted by atomic mass is 127. The molecule has 1 N–H and O–H groups in total. The molecule has 0 fully saturated rings. The standard InChI is InChI=1S/C15H15IO2/c1-10-8-13(18-2)6-7-14(10)15(17)11-4-3-5-12(16)9-11/h3-9,15,17H,1-2H3. The van der Waals surface area contributed by atoms with Gasteiger partial charge in [0.05, 0.1) is 7.11 Å². The van der Waals surface area contributed by atoms with Gasteiger partial charge in [-0.05, 0) is 70.5 Å². The topological polar surface area (TPSA) is 29.5 Å². The smallest absolute Gasteiger partial charge is 0.119 e. The highest BCUT2D eigenvalue weighted by molar-refractivity contribution is 14.1. The molecule has 0 bridgehead atoms. The van der Waals surface area contributed by atoms with Gasteiger partial charge in [0.15, 0.2) is 0 Å². The van der Waals surface area contributed by atoms with Crippen LogP contribution in [0.4, 0.5) is 0 Å². The van der Waals surface area contributed by atoms with Gasteiger partial charge in [-0.25, -0.2) is 0 Å². The number of benzene rings is 2. The minimum Gasteiger partial charge on any atom is -0.497 e. The molecule has 18 heavy (non-hydrogen) atoms. The molecule has 3 heteroatoms. The molecule has 2 aromatic rings. The number of hydrogen-bond acceptors (Lipinski definition) is 2. The van der Waals surface area contributed by atoms with E-state index in [1.165, 1.54) is 0 Å². The fraction of sp³-hybridized carbons (Fsp3) is 0.200. The lowest BCUT2D eigenvalue weighted by Gasteiger charge is -2.15. The Hall–Kier alpha value is -1.07. The van der Waals surface area contributed by atoms with Gasteiger partial charge in [0.25, 0.3) is 0 Å². The SMILES string of the molecule is COc1ccc(C(O)c2cccc(I)c2)c(C)c1. The Morgan fingerprint density at radius 3 is 2.56 bits per heavy atom. The molecule has 2 rings (SSSR count).